The van der Waals surface area contributed by atoms with E-state index in [1.165, 1.54) is 30.1 Å². The van der Waals surface area contributed by atoms with E-state index in [-0.39, 0.29) is 29.6 Å². The number of carbonyl (C=O) groups excluding carboxylic acids is 1. The molecule has 0 radical (unpaired) electrons. The molecule has 0 amide bonds. The Hall–Kier alpha value is -5.10. The van der Waals surface area contributed by atoms with Gasteiger partial charge in [-0.2, -0.15) is 14.6 Å². The van der Waals surface area contributed by atoms with Gasteiger partial charge >= 0.3 is 0 Å². The summed E-state index contributed by atoms with van der Waals surface area (Å²) in [6, 6.07) is 15.2. The van der Waals surface area contributed by atoms with Crippen LogP contribution in [-0.4, -0.2) is 62.7 Å². The molecule has 1 aliphatic heterocycles. The Morgan fingerprint density at radius 2 is 1.74 bits per heavy atom. The van der Waals surface area contributed by atoms with Gasteiger partial charge in [0, 0.05) is 68.2 Å². The number of likely N-dealkylation sites (tertiary alicyclic amines) is 1. The monoisotopic (exact) mass is 633 g/mol. The van der Waals surface area contributed by atoms with E-state index in [0.717, 1.165) is 79.9 Å². The summed E-state index contributed by atoms with van der Waals surface area (Å²) in [6.45, 7) is 2.74. The number of hydrogen-bond acceptors (Lipinski definition) is 7. The molecule has 0 N–H and O–H groups in total. The van der Waals surface area contributed by atoms with Crippen LogP contribution in [0.3, 0.4) is 0 Å². The Morgan fingerprint density at radius 1 is 0.936 bits per heavy atom. The highest BCUT2D eigenvalue weighted by atomic mass is 19.1. The fourth-order valence-corrected chi connectivity index (χ4v) is 6.61. The number of nitrogens with zero attached hydrogens (tertiary/aromatic N) is 9. The van der Waals surface area contributed by atoms with Crippen LogP contribution in [0.5, 0.6) is 0 Å². The largest absolute Gasteiger partial charge is 0.323 e. The van der Waals surface area contributed by atoms with E-state index in [2.05, 4.69) is 30.6 Å². The Morgan fingerprint density at radius 3 is 2.47 bits per heavy atom. The van der Waals surface area contributed by atoms with Gasteiger partial charge < -0.3 is 4.57 Å². The van der Waals surface area contributed by atoms with Crippen molar-refractivity contribution in [3.63, 3.8) is 0 Å². The molecule has 0 bridgehead atoms. The minimum absolute atomic E-state index is 0.00410. The van der Waals surface area contributed by atoms with Crippen LogP contribution >= 0.6 is 0 Å². The molecule has 10 nitrogen and oxygen atoms in total. The zero-order valence-corrected chi connectivity index (χ0v) is 25.9. The maximum atomic E-state index is 14.0. The molecule has 8 rings (SSSR count). The van der Waals surface area contributed by atoms with Crippen LogP contribution in [0.15, 0.2) is 73.2 Å². The number of hydrogen-bond donors (Lipinski definition) is 0. The lowest BCUT2D eigenvalue weighted by Crippen LogP contribution is -2.35. The predicted octanol–water partition coefficient (Wildman–Crippen LogP) is 5.81. The Bertz CT molecular complexity index is 2090. The molecule has 2 aliphatic rings. The second-order valence-electron chi connectivity index (χ2n) is 12.5. The van der Waals surface area contributed by atoms with Crippen LogP contribution in [0.4, 0.5) is 8.78 Å². The van der Waals surface area contributed by atoms with Crippen molar-refractivity contribution in [2.24, 2.45) is 7.05 Å². The molecule has 1 saturated heterocycles. The molecule has 1 aromatic carbocycles. The molecular weight excluding hydrogens is 600 g/mol. The number of piperidine rings is 1. The number of aromatic nitrogens is 8. The van der Waals surface area contributed by atoms with Crippen molar-refractivity contribution in [3.05, 3.63) is 108 Å². The first-order valence-electron chi connectivity index (χ1n) is 16.0. The van der Waals surface area contributed by atoms with Gasteiger partial charge in [0.05, 0.1) is 35.4 Å². The molecule has 6 heterocycles. The quantitative estimate of drug-likeness (QED) is 0.147. The maximum absolute atomic E-state index is 14.0. The first-order valence-corrected chi connectivity index (χ1v) is 16.0. The summed E-state index contributed by atoms with van der Waals surface area (Å²) in [5.41, 5.74) is 5.81. The fourth-order valence-electron chi connectivity index (χ4n) is 6.61. The smallest absolute Gasteiger partial charge is 0.213 e. The van der Waals surface area contributed by atoms with Gasteiger partial charge in [0.2, 0.25) is 5.95 Å². The zero-order chi connectivity index (χ0) is 32.1. The standard InChI is InChI=1S/C35H33F2N9O/c1-43-28(11-15-39-43)21-44-16-12-27(13-17-44)46-34(33(41-35(46)23-2-3-23)22-4-6-25(36)7-5-22)29-8-9-32-40-26(20-45(32)42-29)19-30(47)24-10-14-38-31(37)18-24/h4-11,14-15,18,20,23,27H,2-3,12-13,16-17,19,21H2,1H3. The van der Waals surface area contributed by atoms with Gasteiger partial charge in [-0.25, -0.2) is 23.9 Å². The summed E-state index contributed by atoms with van der Waals surface area (Å²) in [6.07, 6.45) is 8.96. The Kier molecular flexibility index (Phi) is 7.44. The van der Waals surface area contributed by atoms with Gasteiger partial charge in [-0.05, 0) is 74.2 Å². The van der Waals surface area contributed by atoms with E-state index in [9.17, 15) is 13.6 Å². The second-order valence-corrected chi connectivity index (χ2v) is 12.5. The third-order valence-corrected chi connectivity index (χ3v) is 9.23. The normalized spacial score (nSPS) is 15.9. The van der Waals surface area contributed by atoms with Crippen molar-refractivity contribution in [2.75, 3.05) is 13.1 Å². The van der Waals surface area contributed by atoms with Crippen molar-refractivity contribution in [3.8, 4) is 22.6 Å². The third-order valence-electron chi connectivity index (χ3n) is 9.23. The minimum Gasteiger partial charge on any atom is -0.323 e. The van der Waals surface area contributed by atoms with Gasteiger partial charge in [-0.15, -0.1) is 0 Å². The van der Waals surface area contributed by atoms with Crippen LogP contribution < -0.4 is 0 Å². The Balaban J connectivity index is 1.16. The fraction of sp³-hybridized carbons (Fsp3) is 0.314. The van der Waals surface area contributed by atoms with Crippen LogP contribution in [0.1, 0.15) is 65.2 Å². The van der Waals surface area contributed by atoms with E-state index in [4.69, 9.17) is 10.1 Å². The Labute approximate surface area is 269 Å². The number of benzene rings is 1. The predicted molar refractivity (Wildman–Crippen MR) is 171 cm³/mol. The lowest BCUT2D eigenvalue weighted by Gasteiger charge is -2.34. The molecule has 0 spiro atoms. The van der Waals surface area contributed by atoms with Gasteiger partial charge in [-0.1, -0.05) is 0 Å². The molecule has 238 valence electrons. The number of imidazole rings is 2. The molecule has 6 aromatic rings. The summed E-state index contributed by atoms with van der Waals surface area (Å²) in [4.78, 5) is 28.7. The molecular formula is C35H33F2N9O. The van der Waals surface area contributed by atoms with Crippen molar-refractivity contribution in [1.82, 2.24) is 43.8 Å². The van der Waals surface area contributed by atoms with Crippen LogP contribution in [0.2, 0.25) is 0 Å². The highest BCUT2D eigenvalue weighted by Crippen LogP contribution is 2.46. The van der Waals surface area contributed by atoms with E-state index in [1.807, 2.05) is 30.1 Å². The summed E-state index contributed by atoms with van der Waals surface area (Å²) < 4.78 is 33.7. The summed E-state index contributed by atoms with van der Waals surface area (Å²) in [5.74, 6) is 0.189. The number of fused-ring (bicyclic) bond motifs is 1. The third kappa shape index (κ3) is 5.85. The van der Waals surface area contributed by atoms with Gasteiger partial charge in [0.1, 0.15) is 17.3 Å². The lowest BCUT2D eigenvalue weighted by atomic mass is 10.0. The number of aryl methyl sites for hydroxylation is 1. The van der Waals surface area contributed by atoms with Gasteiger partial charge in [0.15, 0.2) is 11.4 Å². The second kappa shape index (κ2) is 11.9. The molecule has 2 fully saturated rings. The molecule has 12 heteroatoms. The number of rotatable bonds is 9. The van der Waals surface area contributed by atoms with Crippen LogP contribution in [0.25, 0.3) is 28.3 Å². The number of ketones is 1. The SMILES string of the molecule is Cn1nccc1CN1CCC(n2c(C3CC3)nc(-c3ccc(F)cc3)c2-c2ccc3nc(CC(=O)c4ccnc(F)c4)cn3n2)CC1. The summed E-state index contributed by atoms with van der Waals surface area (Å²) in [7, 11) is 1.98. The summed E-state index contributed by atoms with van der Waals surface area (Å²) in [5, 5.41) is 9.33. The van der Waals surface area contributed by atoms with Crippen molar-refractivity contribution in [1.29, 1.82) is 0 Å². The maximum Gasteiger partial charge on any atom is 0.213 e. The molecule has 1 aliphatic carbocycles. The van der Waals surface area contributed by atoms with E-state index in [0.29, 0.717) is 17.3 Å². The zero-order valence-electron chi connectivity index (χ0n) is 25.9. The molecule has 1 saturated carbocycles. The molecule has 0 atom stereocenters. The van der Waals surface area contributed by atoms with Gasteiger partial charge in [-0.3, -0.25) is 14.4 Å². The molecule has 47 heavy (non-hydrogen) atoms. The topological polar surface area (TPSA) is 99.0 Å². The van der Waals surface area contributed by atoms with Crippen molar-refractivity contribution >= 4 is 11.4 Å². The van der Waals surface area contributed by atoms with Crippen LogP contribution in [0, 0.1) is 11.8 Å². The average molecular weight is 634 g/mol. The molecule has 5 aromatic heterocycles. The average Bonchev–Trinajstić information content (AvgIpc) is 3.54. The highest BCUT2D eigenvalue weighted by Gasteiger charge is 2.36. The molecule has 0 unspecified atom stereocenters. The van der Waals surface area contributed by atoms with Crippen LogP contribution in [-0.2, 0) is 20.0 Å². The van der Waals surface area contributed by atoms with Crippen molar-refractivity contribution < 1.29 is 13.6 Å². The van der Waals surface area contributed by atoms with E-state index >= 15 is 0 Å². The number of Topliss-reactive ketones (excluding diaryl/α,β-unsaturated/α-hetero) is 1. The van der Waals surface area contributed by atoms with E-state index in [1.54, 1.807) is 22.8 Å². The first kappa shape index (κ1) is 29.3. The van der Waals surface area contributed by atoms with E-state index < -0.39 is 5.95 Å². The minimum atomic E-state index is -0.699. The summed E-state index contributed by atoms with van der Waals surface area (Å²) >= 11 is 0. The van der Waals surface area contributed by atoms with Crippen molar-refractivity contribution in [2.45, 2.75) is 50.6 Å². The number of halogens is 2. The number of pyridine rings is 1. The number of carbonyl (C=O) groups is 1. The lowest BCUT2D eigenvalue weighted by molar-refractivity contribution is 0.0991. The first-order chi connectivity index (χ1) is 22.9. The highest BCUT2D eigenvalue weighted by molar-refractivity contribution is 5.97. The van der Waals surface area contributed by atoms with Gasteiger partial charge in [0.25, 0.3) is 0 Å².